The van der Waals surface area contributed by atoms with Gasteiger partial charge in [0.1, 0.15) is 6.61 Å². The van der Waals surface area contributed by atoms with E-state index in [4.69, 9.17) is 5.11 Å². The second kappa shape index (κ2) is 7.96. The largest absolute Gasteiger partial charge is 0.441 e. The molecule has 0 aromatic heterocycles. The fourth-order valence-electron chi connectivity index (χ4n) is 1.51. The van der Waals surface area contributed by atoms with Crippen LogP contribution in [0.3, 0.4) is 0 Å². The van der Waals surface area contributed by atoms with Crippen molar-refractivity contribution < 1.29 is 23.1 Å². The van der Waals surface area contributed by atoms with Crippen LogP contribution in [0.15, 0.2) is 18.2 Å². The van der Waals surface area contributed by atoms with Crippen molar-refractivity contribution in [3.63, 3.8) is 0 Å². The van der Waals surface area contributed by atoms with Gasteiger partial charge in [-0.15, -0.1) is 0 Å². The molecule has 2 N–H and O–H groups in total. The summed E-state index contributed by atoms with van der Waals surface area (Å²) in [5.41, 5.74) is -2.67. The van der Waals surface area contributed by atoms with Gasteiger partial charge in [-0.1, -0.05) is 17.9 Å². The molecule has 0 saturated heterocycles. The summed E-state index contributed by atoms with van der Waals surface area (Å²) in [5.74, 6) is 4.46. The third kappa shape index (κ3) is 6.56. The quantitative estimate of drug-likeness (QED) is 0.662. The maximum atomic E-state index is 12.0. The molecular formula is C14H14F3NO2S. The molecule has 0 heterocycles. The zero-order chi connectivity index (χ0) is 15.9. The molecule has 0 aliphatic heterocycles. The Hall–Kier alpha value is -1.65. The number of halogens is 3. The number of thioether (sulfide) groups is 1. The summed E-state index contributed by atoms with van der Waals surface area (Å²) < 4.78 is 35.9. The molecule has 0 spiro atoms. The highest BCUT2D eigenvalue weighted by molar-refractivity contribution is 8.00. The Labute approximate surface area is 124 Å². The summed E-state index contributed by atoms with van der Waals surface area (Å²) in [6.45, 7) is 1.36. The molecule has 0 atom stereocenters. The number of carbonyl (C=O) groups is 1. The standard InChI is InChI=1S/C14H14F3NO2S/c1-10-4-5-11(3-2-7-19)9-12(10)13(20)18-6-8-21-14(15,16)17/h4-5,9,19H,6-8H2,1H3,(H,18,20). The summed E-state index contributed by atoms with van der Waals surface area (Å²) in [7, 11) is 0. The monoisotopic (exact) mass is 317 g/mol. The van der Waals surface area contributed by atoms with Gasteiger partial charge in [0.05, 0.1) is 0 Å². The molecule has 1 rings (SSSR count). The Bertz CT molecular complexity index is 562. The zero-order valence-corrected chi connectivity index (χ0v) is 12.1. The fourth-order valence-corrected chi connectivity index (χ4v) is 1.95. The smallest absolute Gasteiger partial charge is 0.384 e. The highest BCUT2D eigenvalue weighted by Gasteiger charge is 2.27. The first-order valence-electron chi connectivity index (χ1n) is 6.03. The van der Waals surface area contributed by atoms with E-state index in [1.54, 1.807) is 25.1 Å². The van der Waals surface area contributed by atoms with Crippen molar-refractivity contribution >= 4 is 17.7 Å². The fraction of sp³-hybridized carbons (Fsp3) is 0.357. The molecule has 0 unspecified atom stereocenters. The van der Waals surface area contributed by atoms with Gasteiger partial charge in [0, 0.05) is 23.4 Å². The molecule has 3 nitrogen and oxygen atoms in total. The first-order valence-corrected chi connectivity index (χ1v) is 7.01. The predicted octanol–water partition coefficient (Wildman–Crippen LogP) is 2.32. The van der Waals surface area contributed by atoms with Crippen LogP contribution in [-0.4, -0.2) is 35.4 Å². The second-order valence-corrected chi connectivity index (χ2v) is 5.20. The maximum absolute atomic E-state index is 12.0. The molecule has 0 radical (unpaired) electrons. The number of nitrogens with one attached hydrogen (secondary N) is 1. The van der Waals surface area contributed by atoms with Crippen LogP contribution in [0, 0.1) is 18.8 Å². The zero-order valence-electron chi connectivity index (χ0n) is 11.3. The van der Waals surface area contributed by atoms with Crippen molar-refractivity contribution in [2.24, 2.45) is 0 Å². The van der Waals surface area contributed by atoms with E-state index in [0.29, 0.717) is 16.7 Å². The number of hydrogen-bond donors (Lipinski definition) is 2. The Morgan fingerprint density at radius 1 is 1.43 bits per heavy atom. The molecule has 0 aliphatic rings. The topological polar surface area (TPSA) is 49.3 Å². The van der Waals surface area contributed by atoms with Gasteiger partial charge in [-0.2, -0.15) is 13.2 Å². The Kier molecular flexibility index (Phi) is 6.59. The lowest BCUT2D eigenvalue weighted by Gasteiger charge is -2.09. The lowest BCUT2D eigenvalue weighted by Crippen LogP contribution is -2.27. The van der Waals surface area contributed by atoms with Crippen molar-refractivity contribution in [3.8, 4) is 11.8 Å². The number of aliphatic hydroxyl groups is 1. The van der Waals surface area contributed by atoms with E-state index in [9.17, 15) is 18.0 Å². The predicted molar refractivity (Wildman–Crippen MR) is 76.0 cm³/mol. The van der Waals surface area contributed by atoms with Crippen LogP contribution in [-0.2, 0) is 0 Å². The molecule has 7 heteroatoms. The Morgan fingerprint density at radius 3 is 2.76 bits per heavy atom. The van der Waals surface area contributed by atoms with Gasteiger partial charge < -0.3 is 10.4 Å². The number of aliphatic hydroxyl groups excluding tert-OH is 1. The number of alkyl halides is 3. The number of rotatable bonds is 4. The lowest BCUT2D eigenvalue weighted by atomic mass is 10.0. The number of benzene rings is 1. The number of hydrogen-bond acceptors (Lipinski definition) is 3. The van der Waals surface area contributed by atoms with Crippen LogP contribution >= 0.6 is 11.8 Å². The van der Waals surface area contributed by atoms with E-state index in [1.807, 2.05) is 0 Å². The van der Waals surface area contributed by atoms with Gasteiger partial charge >= 0.3 is 5.51 Å². The molecular weight excluding hydrogens is 303 g/mol. The van der Waals surface area contributed by atoms with Crippen molar-refractivity contribution in [2.45, 2.75) is 12.4 Å². The van der Waals surface area contributed by atoms with Gasteiger partial charge in [-0.05, 0) is 36.4 Å². The molecule has 114 valence electrons. The van der Waals surface area contributed by atoms with E-state index in [1.165, 1.54) is 0 Å². The number of amides is 1. The summed E-state index contributed by atoms with van der Waals surface area (Å²) >= 11 is -0.176. The van der Waals surface area contributed by atoms with E-state index >= 15 is 0 Å². The van der Waals surface area contributed by atoms with Crippen LogP contribution < -0.4 is 5.32 Å². The van der Waals surface area contributed by atoms with Crippen LogP contribution in [0.25, 0.3) is 0 Å². The van der Waals surface area contributed by atoms with Crippen molar-refractivity contribution in [1.82, 2.24) is 5.32 Å². The number of aryl methyl sites for hydroxylation is 1. The summed E-state index contributed by atoms with van der Waals surface area (Å²) in [5, 5.41) is 11.1. The SMILES string of the molecule is Cc1ccc(C#CCO)cc1C(=O)NCCSC(F)(F)F. The highest BCUT2D eigenvalue weighted by Crippen LogP contribution is 2.29. The van der Waals surface area contributed by atoms with Crippen LogP contribution in [0.1, 0.15) is 21.5 Å². The van der Waals surface area contributed by atoms with Gasteiger partial charge in [-0.25, -0.2) is 0 Å². The highest BCUT2D eigenvalue weighted by atomic mass is 32.2. The third-order valence-electron chi connectivity index (χ3n) is 2.45. The molecule has 1 aromatic carbocycles. The summed E-state index contributed by atoms with van der Waals surface area (Å²) in [4.78, 5) is 11.9. The van der Waals surface area contributed by atoms with E-state index in [2.05, 4.69) is 17.2 Å². The summed E-state index contributed by atoms with van der Waals surface area (Å²) in [6.07, 6.45) is 0. The van der Waals surface area contributed by atoms with E-state index in [-0.39, 0.29) is 30.7 Å². The van der Waals surface area contributed by atoms with Gasteiger partial charge in [0.25, 0.3) is 5.91 Å². The van der Waals surface area contributed by atoms with Gasteiger partial charge in [-0.3, -0.25) is 4.79 Å². The normalized spacial score (nSPS) is 10.7. The van der Waals surface area contributed by atoms with Crippen molar-refractivity contribution in [1.29, 1.82) is 0 Å². The minimum absolute atomic E-state index is 0.0744. The minimum Gasteiger partial charge on any atom is -0.384 e. The Morgan fingerprint density at radius 2 is 2.14 bits per heavy atom. The van der Waals surface area contributed by atoms with Gasteiger partial charge in [0.15, 0.2) is 0 Å². The van der Waals surface area contributed by atoms with E-state index in [0.717, 1.165) is 0 Å². The molecule has 0 bridgehead atoms. The molecule has 0 fully saturated rings. The van der Waals surface area contributed by atoms with Gasteiger partial charge in [0.2, 0.25) is 0 Å². The molecule has 0 aliphatic carbocycles. The molecule has 0 saturated carbocycles. The number of carbonyl (C=O) groups excluding carboxylic acids is 1. The Balaban J connectivity index is 2.65. The van der Waals surface area contributed by atoms with Crippen molar-refractivity contribution in [3.05, 3.63) is 34.9 Å². The maximum Gasteiger partial charge on any atom is 0.441 e. The molecule has 21 heavy (non-hydrogen) atoms. The summed E-state index contributed by atoms with van der Waals surface area (Å²) in [6, 6.07) is 4.94. The lowest BCUT2D eigenvalue weighted by molar-refractivity contribution is -0.0327. The minimum atomic E-state index is -4.29. The molecule has 1 aromatic rings. The van der Waals surface area contributed by atoms with Crippen LogP contribution in [0.2, 0.25) is 0 Å². The average molecular weight is 317 g/mol. The first-order chi connectivity index (χ1) is 9.83. The third-order valence-corrected chi connectivity index (χ3v) is 3.18. The van der Waals surface area contributed by atoms with E-state index < -0.39 is 11.4 Å². The second-order valence-electron chi connectivity index (χ2n) is 4.04. The van der Waals surface area contributed by atoms with Crippen LogP contribution in [0.5, 0.6) is 0 Å². The van der Waals surface area contributed by atoms with Crippen molar-refractivity contribution in [2.75, 3.05) is 18.9 Å². The average Bonchev–Trinajstić information content (AvgIpc) is 2.41. The van der Waals surface area contributed by atoms with Crippen LogP contribution in [0.4, 0.5) is 13.2 Å². The molecule has 1 amide bonds. The first kappa shape index (κ1) is 17.4.